The number of nitrogens with one attached hydrogen (secondary N) is 1. The molecule has 0 saturated carbocycles. The number of aliphatic hydroxyl groups is 1. The van der Waals surface area contributed by atoms with Gasteiger partial charge in [0.2, 0.25) is 10.0 Å². The molecule has 0 saturated heterocycles. The highest BCUT2D eigenvalue weighted by Gasteiger charge is 2.28. The van der Waals surface area contributed by atoms with E-state index in [9.17, 15) is 12.8 Å². The van der Waals surface area contributed by atoms with Crippen molar-refractivity contribution in [3.05, 3.63) is 28.0 Å². The number of hydrogen-bond acceptors (Lipinski definition) is 3. The maximum Gasteiger partial charge on any atom is 0.242 e. The van der Waals surface area contributed by atoms with E-state index in [0.717, 1.165) is 12.1 Å². The lowest BCUT2D eigenvalue weighted by atomic mass is 10.1. The second kappa shape index (κ2) is 5.30. The third kappa shape index (κ3) is 3.33. The Hall–Kier alpha value is -0.400. The molecule has 4 nitrogen and oxygen atoms in total. The van der Waals surface area contributed by atoms with Crippen LogP contribution in [0.25, 0.3) is 0 Å². The molecule has 2 N–H and O–H groups in total. The molecular formula is C10H12Cl2FNO3S. The van der Waals surface area contributed by atoms with Gasteiger partial charge in [-0.2, -0.15) is 0 Å². The van der Waals surface area contributed by atoms with Crippen molar-refractivity contribution < 1.29 is 17.9 Å². The van der Waals surface area contributed by atoms with Crippen LogP contribution in [-0.2, 0) is 10.0 Å². The summed E-state index contributed by atoms with van der Waals surface area (Å²) < 4.78 is 39.6. The zero-order chi connectivity index (χ0) is 14.1. The van der Waals surface area contributed by atoms with Crippen molar-refractivity contribution in [2.75, 3.05) is 6.61 Å². The average molecular weight is 316 g/mol. The normalized spacial score (nSPS) is 12.8. The molecule has 1 rings (SSSR count). The molecule has 8 heteroatoms. The zero-order valence-corrected chi connectivity index (χ0v) is 12.0. The van der Waals surface area contributed by atoms with Gasteiger partial charge in [0.25, 0.3) is 0 Å². The predicted octanol–water partition coefficient (Wildman–Crippen LogP) is 2.18. The van der Waals surface area contributed by atoms with Crippen LogP contribution in [0.4, 0.5) is 4.39 Å². The topological polar surface area (TPSA) is 66.4 Å². The summed E-state index contributed by atoms with van der Waals surface area (Å²) in [5.41, 5.74) is -1.09. The highest BCUT2D eigenvalue weighted by atomic mass is 35.5. The van der Waals surface area contributed by atoms with Crippen LogP contribution in [0.1, 0.15) is 13.8 Å². The van der Waals surface area contributed by atoms with Crippen LogP contribution in [0.15, 0.2) is 17.0 Å². The number of benzene rings is 1. The monoisotopic (exact) mass is 315 g/mol. The standard InChI is InChI=1S/C10H12Cl2FNO3S/c1-10(2,5-15)14-18(16,17)7-4-3-6(11)9(13)8(7)12/h3-4,14-15H,5H2,1-2H3. The van der Waals surface area contributed by atoms with Gasteiger partial charge in [-0.15, -0.1) is 0 Å². The maximum absolute atomic E-state index is 13.4. The fourth-order valence-electron chi connectivity index (χ4n) is 1.17. The summed E-state index contributed by atoms with van der Waals surface area (Å²) in [4.78, 5) is -0.424. The molecule has 0 heterocycles. The molecule has 0 fully saturated rings. The zero-order valence-electron chi connectivity index (χ0n) is 9.67. The Balaban J connectivity index is 3.27. The lowest BCUT2D eigenvalue weighted by molar-refractivity contribution is 0.208. The molecular weight excluding hydrogens is 304 g/mol. The first-order valence-electron chi connectivity index (χ1n) is 4.89. The van der Waals surface area contributed by atoms with Crippen molar-refractivity contribution >= 4 is 33.2 Å². The van der Waals surface area contributed by atoms with Gasteiger partial charge in [-0.05, 0) is 26.0 Å². The highest BCUT2D eigenvalue weighted by molar-refractivity contribution is 7.89. The lowest BCUT2D eigenvalue weighted by Crippen LogP contribution is -2.46. The van der Waals surface area contributed by atoms with E-state index in [1.54, 1.807) is 0 Å². The molecule has 0 unspecified atom stereocenters. The van der Waals surface area contributed by atoms with Gasteiger partial charge in [-0.3, -0.25) is 0 Å². The van der Waals surface area contributed by atoms with E-state index in [2.05, 4.69) is 4.72 Å². The van der Waals surface area contributed by atoms with Crippen molar-refractivity contribution in [1.82, 2.24) is 4.72 Å². The van der Waals surface area contributed by atoms with Crippen LogP contribution in [0.2, 0.25) is 10.0 Å². The van der Waals surface area contributed by atoms with Gasteiger partial charge in [0.1, 0.15) is 4.90 Å². The summed E-state index contributed by atoms with van der Waals surface area (Å²) in [6.07, 6.45) is 0. The molecule has 18 heavy (non-hydrogen) atoms. The summed E-state index contributed by atoms with van der Waals surface area (Å²) in [6.45, 7) is 2.54. The van der Waals surface area contributed by atoms with E-state index >= 15 is 0 Å². The molecule has 0 aliphatic rings. The van der Waals surface area contributed by atoms with Crippen LogP contribution in [-0.4, -0.2) is 25.7 Å². The number of rotatable bonds is 4. The highest BCUT2D eigenvalue weighted by Crippen LogP contribution is 2.29. The van der Waals surface area contributed by atoms with E-state index in [1.165, 1.54) is 13.8 Å². The van der Waals surface area contributed by atoms with Crippen molar-refractivity contribution in [3.8, 4) is 0 Å². The summed E-state index contributed by atoms with van der Waals surface area (Å²) in [5, 5.41) is 8.17. The van der Waals surface area contributed by atoms with Crippen LogP contribution in [0.3, 0.4) is 0 Å². The summed E-state index contributed by atoms with van der Waals surface area (Å²) in [5.74, 6) is -0.997. The minimum absolute atomic E-state index is 0.264. The minimum atomic E-state index is -4.04. The molecule has 0 atom stereocenters. The molecule has 0 spiro atoms. The molecule has 0 radical (unpaired) electrons. The number of halogens is 3. The molecule has 0 aromatic heterocycles. The van der Waals surface area contributed by atoms with Gasteiger partial charge in [-0.25, -0.2) is 17.5 Å². The van der Waals surface area contributed by atoms with Crippen molar-refractivity contribution in [2.45, 2.75) is 24.3 Å². The van der Waals surface area contributed by atoms with Crippen LogP contribution >= 0.6 is 23.2 Å². The summed E-state index contributed by atoms with van der Waals surface area (Å²) >= 11 is 11.1. The Morgan fingerprint density at radius 1 is 1.39 bits per heavy atom. The van der Waals surface area contributed by atoms with Crippen molar-refractivity contribution in [3.63, 3.8) is 0 Å². The predicted molar refractivity (Wildman–Crippen MR) is 67.9 cm³/mol. The summed E-state index contributed by atoms with van der Waals surface area (Å²) in [6, 6.07) is 2.20. The van der Waals surface area contributed by atoms with E-state index < -0.39 is 37.9 Å². The van der Waals surface area contributed by atoms with Crippen LogP contribution < -0.4 is 4.72 Å². The van der Waals surface area contributed by atoms with E-state index in [0.29, 0.717) is 0 Å². The van der Waals surface area contributed by atoms with Gasteiger partial charge in [0.05, 0.1) is 22.2 Å². The minimum Gasteiger partial charge on any atom is -0.394 e. The van der Waals surface area contributed by atoms with Gasteiger partial charge < -0.3 is 5.11 Å². The number of sulfonamides is 1. The number of aliphatic hydroxyl groups excluding tert-OH is 1. The molecule has 1 aromatic carbocycles. The first-order valence-corrected chi connectivity index (χ1v) is 7.13. The first kappa shape index (κ1) is 15.7. The second-order valence-corrected chi connectivity index (χ2v) is 6.76. The summed E-state index contributed by atoms with van der Waals surface area (Å²) in [7, 11) is -4.04. The third-order valence-electron chi connectivity index (χ3n) is 2.10. The Morgan fingerprint density at radius 3 is 2.44 bits per heavy atom. The van der Waals surface area contributed by atoms with Gasteiger partial charge in [0.15, 0.2) is 5.82 Å². The number of hydrogen-bond donors (Lipinski definition) is 2. The Kier molecular flexibility index (Phi) is 4.61. The van der Waals surface area contributed by atoms with Gasteiger partial charge in [0, 0.05) is 0 Å². The fraction of sp³-hybridized carbons (Fsp3) is 0.400. The first-order chi connectivity index (χ1) is 8.10. The van der Waals surface area contributed by atoms with Crippen LogP contribution in [0.5, 0.6) is 0 Å². The quantitative estimate of drug-likeness (QED) is 0.837. The molecule has 0 aliphatic heterocycles. The van der Waals surface area contributed by atoms with Crippen LogP contribution in [0, 0.1) is 5.82 Å². The van der Waals surface area contributed by atoms with Gasteiger partial charge >= 0.3 is 0 Å². The molecule has 102 valence electrons. The Labute approximate surface area is 115 Å². The molecule has 0 amide bonds. The lowest BCUT2D eigenvalue weighted by Gasteiger charge is -2.23. The van der Waals surface area contributed by atoms with E-state index in [1.807, 2.05) is 0 Å². The fourth-order valence-corrected chi connectivity index (χ4v) is 3.32. The third-order valence-corrected chi connectivity index (χ3v) is 4.61. The Bertz CT molecular complexity index is 560. The largest absolute Gasteiger partial charge is 0.394 e. The molecule has 0 bridgehead atoms. The SMILES string of the molecule is CC(C)(CO)NS(=O)(=O)c1ccc(Cl)c(F)c1Cl. The molecule has 0 aliphatic carbocycles. The smallest absolute Gasteiger partial charge is 0.242 e. The van der Waals surface area contributed by atoms with Crippen molar-refractivity contribution in [2.24, 2.45) is 0 Å². The maximum atomic E-state index is 13.4. The average Bonchev–Trinajstić information content (AvgIpc) is 2.24. The van der Waals surface area contributed by atoms with Crippen molar-refractivity contribution in [1.29, 1.82) is 0 Å². The second-order valence-electron chi connectivity index (χ2n) is 4.32. The van der Waals surface area contributed by atoms with Gasteiger partial charge in [-0.1, -0.05) is 23.2 Å². The molecule has 1 aromatic rings. The Morgan fingerprint density at radius 2 is 1.94 bits per heavy atom. The van der Waals surface area contributed by atoms with E-state index in [4.69, 9.17) is 28.3 Å². The van der Waals surface area contributed by atoms with E-state index in [-0.39, 0.29) is 5.02 Å².